The minimum absolute atomic E-state index is 0.234. The molecular formula is C21H15F3N6O3. The Labute approximate surface area is 184 Å². The number of benzene rings is 1. The SMILES string of the molecule is Cn1cc(C(=O)c2cncc(NC(=O)Nc3ccc(OC(F)(F)F)cc3)c2)c2cncnc21. The number of pyridine rings is 1. The number of alkyl halides is 3. The van der Waals surface area contributed by atoms with Crippen molar-refractivity contribution in [1.82, 2.24) is 19.5 Å². The number of carbonyl (C=O) groups excluding carboxylic acids is 2. The van der Waals surface area contributed by atoms with E-state index in [1.165, 1.54) is 36.9 Å². The maximum Gasteiger partial charge on any atom is 0.573 e. The molecule has 0 aliphatic rings. The number of fused-ring (bicyclic) bond motifs is 1. The first-order chi connectivity index (χ1) is 15.7. The first-order valence-corrected chi connectivity index (χ1v) is 9.38. The second-order valence-electron chi connectivity index (χ2n) is 6.86. The summed E-state index contributed by atoms with van der Waals surface area (Å²) in [5.74, 6) is -0.741. The lowest BCUT2D eigenvalue weighted by Crippen LogP contribution is -2.20. The van der Waals surface area contributed by atoms with E-state index in [2.05, 4.69) is 30.3 Å². The molecule has 4 aromatic rings. The lowest BCUT2D eigenvalue weighted by molar-refractivity contribution is -0.274. The van der Waals surface area contributed by atoms with Crippen molar-refractivity contribution in [3.63, 3.8) is 0 Å². The first-order valence-electron chi connectivity index (χ1n) is 9.38. The van der Waals surface area contributed by atoms with Gasteiger partial charge in [0.15, 0.2) is 5.78 Å². The molecule has 168 valence electrons. The summed E-state index contributed by atoms with van der Waals surface area (Å²) in [7, 11) is 1.76. The topological polar surface area (TPSA) is 111 Å². The highest BCUT2D eigenvalue weighted by molar-refractivity contribution is 6.16. The van der Waals surface area contributed by atoms with Crippen molar-refractivity contribution < 1.29 is 27.5 Å². The standard InChI is InChI=1S/C21H15F3N6O3/c1-30-10-17(16-9-26-11-27-19(16)30)18(31)12-6-14(8-25-7-12)29-20(32)28-13-2-4-15(5-3-13)33-21(22,23)24/h2-11H,1H3,(H2,28,29,32). The number of nitrogens with one attached hydrogen (secondary N) is 2. The first kappa shape index (κ1) is 21.7. The van der Waals surface area contributed by atoms with Gasteiger partial charge >= 0.3 is 12.4 Å². The molecule has 0 aliphatic carbocycles. The molecule has 0 fully saturated rings. The lowest BCUT2D eigenvalue weighted by atomic mass is 10.1. The van der Waals surface area contributed by atoms with Gasteiger partial charge in [-0.3, -0.25) is 9.78 Å². The van der Waals surface area contributed by atoms with Crippen molar-refractivity contribution in [2.24, 2.45) is 7.05 Å². The number of anilines is 2. The maximum absolute atomic E-state index is 13.0. The van der Waals surface area contributed by atoms with Gasteiger partial charge < -0.3 is 19.9 Å². The normalized spacial score (nSPS) is 11.3. The van der Waals surface area contributed by atoms with Crippen LogP contribution in [0.5, 0.6) is 5.75 Å². The van der Waals surface area contributed by atoms with E-state index in [1.54, 1.807) is 24.0 Å². The van der Waals surface area contributed by atoms with Crippen LogP contribution in [0.3, 0.4) is 0 Å². The Bertz CT molecular complexity index is 1340. The van der Waals surface area contributed by atoms with Crippen molar-refractivity contribution >= 4 is 34.2 Å². The highest BCUT2D eigenvalue weighted by Gasteiger charge is 2.31. The summed E-state index contributed by atoms with van der Waals surface area (Å²) in [4.78, 5) is 37.4. The zero-order valence-corrected chi connectivity index (χ0v) is 16.9. The van der Waals surface area contributed by atoms with Crippen LogP contribution < -0.4 is 15.4 Å². The van der Waals surface area contributed by atoms with Crippen molar-refractivity contribution in [3.05, 3.63) is 72.6 Å². The highest BCUT2D eigenvalue weighted by Crippen LogP contribution is 2.24. The number of urea groups is 1. The largest absolute Gasteiger partial charge is 0.573 e. The molecule has 33 heavy (non-hydrogen) atoms. The number of aromatic nitrogens is 4. The lowest BCUT2D eigenvalue weighted by Gasteiger charge is -2.11. The third kappa shape index (κ3) is 5.06. The van der Waals surface area contributed by atoms with E-state index in [1.807, 2.05) is 0 Å². The predicted molar refractivity (Wildman–Crippen MR) is 112 cm³/mol. The zero-order valence-electron chi connectivity index (χ0n) is 16.9. The third-order valence-corrected chi connectivity index (χ3v) is 4.49. The Morgan fingerprint density at radius 3 is 2.45 bits per heavy atom. The molecule has 12 heteroatoms. The van der Waals surface area contributed by atoms with Crippen LogP contribution in [0, 0.1) is 0 Å². The summed E-state index contributed by atoms with van der Waals surface area (Å²) in [5, 5.41) is 5.58. The second-order valence-corrected chi connectivity index (χ2v) is 6.86. The van der Waals surface area contributed by atoms with Crippen molar-refractivity contribution in [2.75, 3.05) is 10.6 Å². The number of rotatable bonds is 5. The smallest absolute Gasteiger partial charge is 0.406 e. The van der Waals surface area contributed by atoms with Crippen LogP contribution in [-0.2, 0) is 7.05 Å². The van der Waals surface area contributed by atoms with Crippen LogP contribution in [-0.4, -0.2) is 37.7 Å². The molecule has 2 N–H and O–H groups in total. The molecule has 0 atom stereocenters. The number of halogens is 3. The van der Waals surface area contributed by atoms with Gasteiger partial charge in [0, 0.05) is 42.3 Å². The molecule has 4 rings (SSSR count). The number of carbonyl (C=O) groups is 2. The molecule has 0 aliphatic heterocycles. The van der Waals surface area contributed by atoms with Gasteiger partial charge in [-0.2, -0.15) is 0 Å². The molecule has 3 aromatic heterocycles. The monoisotopic (exact) mass is 456 g/mol. The molecule has 9 nitrogen and oxygen atoms in total. The zero-order chi connectivity index (χ0) is 23.6. The van der Waals surface area contributed by atoms with E-state index in [9.17, 15) is 22.8 Å². The van der Waals surface area contributed by atoms with E-state index in [0.29, 0.717) is 16.6 Å². The van der Waals surface area contributed by atoms with E-state index in [0.717, 1.165) is 12.1 Å². The van der Waals surface area contributed by atoms with Gasteiger partial charge in [-0.25, -0.2) is 14.8 Å². The second kappa shape index (κ2) is 8.57. The van der Waals surface area contributed by atoms with Gasteiger partial charge in [-0.05, 0) is 30.3 Å². The van der Waals surface area contributed by atoms with Crippen molar-refractivity contribution in [3.8, 4) is 5.75 Å². The Balaban J connectivity index is 1.45. The molecular weight excluding hydrogens is 441 g/mol. The summed E-state index contributed by atoms with van der Waals surface area (Å²) in [6.45, 7) is 0. The minimum atomic E-state index is -4.80. The predicted octanol–water partition coefficient (Wildman–Crippen LogP) is 4.14. The minimum Gasteiger partial charge on any atom is -0.406 e. The highest BCUT2D eigenvalue weighted by atomic mass is 19.4. The molecule has 0 radical (unpaired) electrons. The summed E-state index contributed by atoms with van der Waals surface area (Å²) in [6, 6.07) is 5.42. The van der Waals surface area contributed by atoms with Gasteiger partial charge in [-0.1, -0.05) is 0 Å². The quantitative estimate of drug-likeness (QED) is 0.437. The summed E-state index contributed by atoms with van der Waals surface area (Å²) >= 11 is 0. The van der Waals surface area contributed by atoms with E-state index < -0.39 is 18.1 Å². The average molecular weight is 456 g/mol. The van der Waals surface area contributed by atoms with Gasteiger partial charge in [0.25, 0.3) is 0 Å². The number of amides is 2. The van der Waals surface area contributed by atoms with E-state index >= 15 is 0 Å². The van der Waals surface area contributed by atoms with Crippen molar-refractivity contribution in [1.29, 1.82) is 0 Å². The van der Waals surface area contributed by atoms with Gasteiger partial charge in [-0.15, -0.1) is 13.2 Å². The fraction of sp³-hybridized carbons (Fsp3) is 0.0952. The fourth-order valence-corrected chi connectivity index (χ4v) is 3.12. The summed E-state index contributed by atoms with van der Waals surface area (Å²) in [6.07, 6.45) is 2.49. The average Bonchev–Trinajstić information content (AvgIpc) is 3.10. The number of ether oxygens (including phenoxy) is 1. The third-order valence-electron chi connectivity index (χ3n) is 4.49. The number of hydrogen-bond donors (Lipinski definition) is 2. The summed E-state index contributed by atoms with van der Waals surface area (Å²) < 4.78 is 42.2. The Morgan fingerprint density at radius 1 is 1.00 bits per heavy atom. The van der Waals surface area contributed by atoms with Crippen LogP contribution in [0.25, 0.3) is 11.0 Å². The van der Waals surface area contributed by atoms with E-state index in [4.69, 9.17) is 0 Å². The van der Waals surface area contributed by atoms with Crippen molar-refractivity contribution in [2.45, 2.75) is 6.36 Å². The molecule has 0 bridgehead atoms. The van der Waals surface area contributed by atoms with Gasteiger partial charge in [0.1, 0.15) is 17.7 Å². The Morgan fingerprint density at radius 2 is 1.73 bits per heavy atom. The fourth-order valence-electron chi connectivity index (χ4n) is 3.12. The number of ketones is 1. The van der Waals surface area contributed by atoms with Crippen LogP contribution in [0.15, 0.2) is 61.4 Å². The molecule has 2 amide bonds. The summed E-state index contributed by atoms with van der Waals surface area (Å²) in [5.41, 5.74) is 1.70. The number of nitrogens with zero attached hydrogens (tertiary/aromatic N) is 4. The van der Waals surface area contributed by atoms with Crippen LogP contribution >= 0.6 is 0 Å². The molecule has 0 spiro atoms. The number of aryl methyl sites for hydroxylation is 1. The van der Waals surface area contributed by atoms with Gasteiger partial charge in [0.2, 0.25) is 0 Å². The van der Waals surface area contributed by atoms with Crippen LogP contribution in [0.1, 0.15) is 15.9 Å². The van der Waals surface area contributed by atoms with Crippen LogP contribution in [0.2, 0.25) is 0 Å². The van der Waals surface area contributed by atoms with Crippen LogP contribution in [0.4, 0.5) is 29.3 Å². The van der Waals surface area contributed by atoms with E-state index in [-0.39, 0.29) is 22.7 Å². The molecule has 0 saturated heterocycles. The molecule has 1 aromatic carbocycles. The Kier molecular flexibility index (Phi) is 5.65. The maximum atomic E-state index is 13.0. The molecule has 0 unspecified atom stereocenters. The number of hydrogen-bond acceptors (Lipinski definition) is 6. The molecule has 3 heterocycles. The molecule has 0 saturated carbocycles. The Hall–Kier alpha value is -4.48. The van der Waals surface area contributed by atoms with Gasteiger partial charge in [0.05, 0.1) is 17.4 Å².